The molecule has 2 unspecified atom stereocenters. The van der Waals surface area contributed by atoms with E-state index < -0.39 is 0 Å². The second-order valence-corrected chi connectivity index (χ2v) is 8.08. The molecule has 0 aromatic carbocycles. The summed E-state index contributed by atoms with van der Waals surface area (Å²) < 4.78 is 6.98. The number of hydrogen-bond acceptors (Lipinski definition) is 4. The van der Waals surface area contributed by atoms with Crippen LogP contribution in [0.5, 0.6) is 0 Å². The summed E-state index contributed by atoms with van der Waals surface area (Å²) >= 11 is 0. The van der Waals surface area contributed by atoms with E-state index in [1.165, 1.54) is 25.9 Å². The third kappa shape index (κ3) is 4.31. The van der Waals surface area contributed by atoms with E-state index in [4.69, 9.17) is 10.5 Å². The van der Waals surface area contributed by atoms with Crippen molar-refractivity contribution in [1.29, 1.82) is 0 Å². The van der Waals surface area contributed by atoms with Crippen LogP contribution in [0.3, 0.4) is 0 Å². The number of piperidine rings is 1. The second-order valence-electron chi connectivity index (χ2n) is 8.08. The number of ether oxygens (including phenoxy) is 1. The first kappa shape index (κ1) is 19.7. The van der Waals surface area contributed by atoms with E-state index in [1.807, 2.05) is 7.11 Å². The van der Waals surface area contributed by atoms with E-state index in [9.17, 15) is 0 Å². The first-order valence-corrected chi connectivity index (χ1v) is 9.67. The molecule has 0 radical (unpaired) electrons. The summed E-state index contributed by atoms with van der Waals surface area (Å²) in [5.74, 6) is 0. The minimum Gasteiger partial charge on any atom is -0.396 e. The molecule has 0 aromatic rings. The summed E-state index contributed by atoms with van der Waals surface area (Å²) in [7, 11) is 6.13. The number of methoxy groups -OCH3 is 1. The summed E-state index contributed by atoms with van der Waals surface area (Å²) in [6.45, 7) is 11.3. The van der Waals surface area contributed by atoms with E-state index in [2.05, 4.69) is 43.9 Å². The summed E-state index contributed by atoms with van der Waals surface area (Å²) in [4.78, 5) is 4.83. The van der Waals surface area contributed by atoms with Gasteiger partial charge in [-0.15, -0.1) is 0 Å². The van der Waals surface area contributed by atoms with Gasteiger partial charge >= 0.3 is 0 Å². The molecule has 0 aromatic heterocycles. The molecular formula is C19H39N4O+. The van der Waals surface area contributed by atoms with Crippen LogP contribution in [0.2, 0.25) is 0 Å². The molecule has 2 aliphatic rings. The number of nitrogens with zero attached hydrogens (tertiary/aromatic N) is 3. The lowest BCUT2D eigenvalue weighted by molar-refractivity contribution is -0.880. The molecule has 2 heterocycles. The van der Waals surface area contributed by atoms with E-state index in [1.54, 1.807) is 0 Å². The Morgan fingerprint density at radius 1 is 1.33 bits per heavy atom. The zero-order valence-electron chi connectivity index (χ0n) is 16.6. The van der Waals surface area contributed by atoms with E-state index in [0.717, 1.165) is 49.2 Å². The smallest absolute Gasteiger partial charge is 0.116 e. The highest BCUT2D eigenvalue weighted by molar-refractivity contribution is 5.08. The fourth-order valence-electron chi connectivity index (χ4n) is 4.68. The third-order valence-corrected chi connectivity index (χ3v) is 6.14. The van der Waals surface area contributed by atoms with Crippen molar-refractivity contribution in [2.24, 2.45) is 5.73 Å². The highest BCUT2D eigenvalue weighted by Gasteiger charge is 2.40. The predicted octanol–water partition coefficient (Wildman–Crippen LogP) is 1.85. The molecular weight excluding hydrogens is 300 g/mol. The van der Waals surface area contributed by atoms with Crippen LogP contribution >= 0.6 is 0 Å². The first-order chi connectivity index (χ1) is 11.4. The minimum absolute atomic E-state index is 0.0125. The number of likely N-dealkylation sites (N-methyl/N-ethyl adjacent to an activating group) is 1. The maximum absolute atomic E-state index is 6.54. The van der Waals surface area contributed by atoms with Crippen LogP contribution < -0.4 is 5.73 Å². The van der Waals surface area contributed by atoms with Crippen LogP contribution in [0.15, 0.2) is 11.9 Å². The van der Waals surface area contributed by atoms with Crippen molar-refractivity contribution in [2.75, 3.05) is 60.5 Å². The van der Waals surface area contributed by atoms with E-state index >= 15 is 0 Å². The average Bonchev–Trinajstić information content (AvgIpc) is 2.56. The predicted molar refractivity (Wildman–Crippen MR) is 101 cm³/mol. The lowest BCUT2D eigenvalue weighted by Crippen LogP contribution is -2.57. The fraction of sp³-hybridized carbons (Fsp3) is 0.895. The van der Waals surface area contributed by atoms with Gasteiger partial charge in [-0.05, 0) is 40.3 Å². The molecule has 5 nitrogen and oxygen atoms in total. The zero-order valence-corrected chi connectivity index (χ0v) is 16.6. The van der Waals surface area contributed by atoms with Gasteiger partial charge in [0, 0.05) is 33.2 Å². The Bertz CT molecular complexity index is 429. The lowest BCUT2D eigenvalue weighted by Gasteiger charge is -2.47. The van der Waals surface area contributed by atoms with Gasteiger partial charge in [0.15, 0.2) is 0 Å². The van der Waals surface area contributed by atoms with E-state index in [0.29, 0.717) is 6.04 Å². The van der Waals surface area contributed by atoms with Crippen molar-refractivity contribution in [3.63, 3.8) is 0 Å². The number of hydrogen-bond donors (Lipinski definition) is 1. The van der Waals surface area contributed by atoms with Gasteiger partial charge in [-0.3, -0.25) is 9.38 Å². The fourth-order valence-corrected chi connectivity index (χ4v) is 4.68. The van der Waals surface area contributed by atoms with Gasteiger partial charge in [0.05, 0.1) is 37.0 Å². The van der Waals surface area contributed by atoms with Gasteiger partial charge < -0.3 is 15.4 Å². The third-order valence-electron chi connectivity index (χ3n) is 6.14. The van der Waals surface area contributed by atoms with E-state index in [-0.39, 0.29) is 5.60 Å². The van der Waals surface area contributed by atoms with Gasteiger partial charge in [-0.25, -0.2) is 0 Å². The average molecular weight is 340 g/mol. The highest BCUT2D eigenvalue weighted by atomic mass is 16.5. The molecule has 2 N–H and O–H groups in total. The van der Waals surface area contributed by atoms with Crippen LogP contribution in [-0.2, 0) is 4.74 Å². The topological polar surface area (TPSA) is 41.7 Å². The van der Waals surface area contributed by atoms with Crippen molar-refractivity contribution in [3.8, 4) is 0 Å². The Labute approximate surface area is 149 Å². The molecule has 2 rings (SSSR count). The first-order valence-electron chi connectivity index (χ1n) is 9.67. The van der Waals surface area contributed by atoms with Crippen LogP contribution in [0, 0.1) is 0 Å². The Morgan fingerprint density at radius 2 is 2.00 bits per heavy atom. The molecule has 0 amide bonds. The Morgan fingerprint density at radius 3 is 2.46 bits per heavy atom. The summed E-state index contributed by atoms with van der Waals surface area (Å²) in [6.07, 6.45) is 6.94. The van der Waals surface area contributed by atoms with Crippen molar-refractivity contribution >= 4 is 0 Å². The van der Waals surface area contributed by atoms with Gasteiger partial charge in [0.25, 0.3) is 0 Å². The van der Waals surface area contributed by atoms with Crippen LogP contribution in [0.25, 0.3) is 0 Å². The van der Waals surface area contributed by atoms with Crippen LogP contribution in [0.4, 0.5) is 0 Å². The van der Waals surface area contributed by atoms with Crippen molar-refractivity contribution in [1.82, 2.24) is 9.80 Å². The molecule has 0 aliphatic carbocycles. The van der Waals surface area contributed by atoms with Gasteiger partial charge in [0.2, 0.25) is 0 Å². The van der Waals surface area contributed by atoms with Crippen molar-refractivity contribution in [3.05, 3.63) is 11.9 Å². The molecule has 1 fully saturated rings. The molecule has 0 bridgehead atoms. The van der Waals surface area contributed by atoms with Gasteiger partial charge in [0.1, 0.15) is 6.20 Å². The summed E-state index contributed by atoms with van der Waals surface area (Å²) in [5.41, 5.74) is 7.64. The largest absolute Gasteiger partial charge is 0.396 e. The Hall–Kier alpha value is -0.620. The Kier molecular flexibility index (Phi) is 6.71. The standard InChI is InChI=1S/C19H39N4O/c1-6-13-23(7-2)14-8-18(17(20)15-23)22-11-9-19(24-5,10-12-22)16-21(3)4/h15,18H,6-14,16,20H2,1-5H3/q+1. The molecule has 0 spiro atoms. The number of likely N-dealkylation sites (tertiary alicyclic amines) is 1. The lowest BCUT2D eigenvalue weighted by atomic mass is 9.88. The zero-order chi connectivity index (χ0) is 17.8. The second kappa shape index (κ2) is 8.17. The molecule has 1 saturated heterocycles. The SMILES string of the molecule is CCC[N+]1(CC)C=C(N)C(N2CCC(CN(C)C)(OC)CC2)CC1. The molecule has 0 saturated carbocycles. The maximum Gasteiger partial charge on any atom is 0.116 e. The Balaban J connectivity index is 2.01. The summed E-state index contributed by atoms with van der Waals surface area (Å²) in [6, 6.07) is 0.425. The molecule has 2 atom stereocenters. The monoisotopic (exact) mass is 339 g/mol. The van der Waals surface area contributed by atoms with Gasteiger partial charge in [-0.1, -0.05) is 6.92 Å². The van der Waals surface area contributed by atoms with Crippen molar-refractivity contribution < 1.29 is 9.22 Å². The van der Waals surface area contributed by atoms with Crippen LogP contribution in [0.1, 0.15) is 39.5 Å². The molecule has 5 heteroatoms. The van der Waals surface area contributed by atoms with Crippen LogP contribution in [-0.4, -0.2) is 86.4 Å². The van der Waals surface area contributed by atoms with Crippen molar-refractivity contribution in [2.45, 2.75) is 51.2 Å². The highest BCUT2D eigenvalue weighted by Crippen LogP contribution is 2.31. The molecule has 24 heavy (non-hydrogen) atoms. The maximum atomic E-state index is 6.54. The quantitative estimate of drug-likeness (QED) is 0.719. The minimum atomic E-state index is 0.0125. The molecule has 2 aliphatic heterocycles. The normalized spacial score (nSPS) is 31.2. The number of rotatable bonds is 7. The van der Waals surface area contributed by atoms with Gasteiger partial charge in [-0.2, -0.15) is 0 Å². The summed E-state index contributed by atoms with van der Waals surface area (Å²) in [5, 5.41) is 0. The number of nitrogens with two attached hydrogens (primary N) is 1. The number of quaternary nitrogens is 1. The molecule has 140 valence electrons.